The van der Waals surface area contributed by atoms with E-state index in [1.54, 1.807) is 18.2 Å². The summed E-state index contributed by atoms with van der Waals surface area (Å²) in [6.45, 7) is 1.95. The first-order valence-electron chi connectivity index (χ1n) is 11.1. The molecule has 1 saturated heterocycles. The highest BCUT2D eigenvalue weighted by molar-refractivity contribution is 6.30. The van der Waals surface area contributed by atoms with Crippen molar-refractivity contribution in [1.82, 2.24) is 4.98 Å². The number of anilines is 1. The largest absolute Gasteiger partial charge is 0.396 e. The predicted molar refractivity (Wildman–Crippen MR) is 126 cm³/mol. The average Bonchev–Trinajstić information content (AvgIpc) is 3.27. The molecule has 4 nitrogen and oxygen atoms in total. The maximum Gasteiger partial charge on any atom is 0.141 e. The molecule has 2 heterocycles. The summed E-state index contributed by atoms with van der Waals surface area (Å²) in [5.41, 5.74) is 4.61. The van der Waals surface area contributed by atoms with Crippen LogP contribution < -0.4 is 4.90 Å². The number of aryl methyl sites for hydroxylation is 1. The highest BCUT2D eigenvalue weighted by atomic mass is 35.5. The number of aliphatic hydroxyl groups is 2. The molecule has 4 rings (SSSR count). The molecule has 1 aliphatic heterocycles. The molecular formula is C26H28ClFN2O2. The van der Waals surface area contributed by atoms with E-state index in [9.17, 15) is 14.6 Å². The van der Waals surface area contributed by atoms with Crippen molar-refractivity contribution in [2.45, 2.75) is 31.8 Å². The third-order valence-corrected chi connectivity index (χ3v) is 6.42. The minimum atomic E-state index is -0.769. The molecule has 0 radical (unpaired) electrons. The zero-order chi connectivity index (χ0) is 22.5. The smallest absolute Gasteiger partial charge is 0.141 e. The molecule has 3 aromatic rings. The van der Waals surface area contributed by atoms with Gasteiger partial charge in [0.1, 0.15) is 11.9 Å². The second-order valence-electron chi connectivity index (χ2n) is 8.43. The van der Waals surface area contributed by atoms with E-state index in [-0.39, 0.29) is 12.4 Å². The molecule has 0 saturated carbocycles. The molecule has 0 spiro atoms. The van der Waals surface area contributed by atoms with Gasteiger partial charge in [0.2, 0.25) is 0 Å². The number of hydrogen-bond acceptors (Lipinski definition) is 4. The van der Waals surface area contributed by atoms with Gasteiger partial charge in [-0.05, 0) is 78.6 Å². The Morgan fingerprint density at radius 1 is 1.09 bits per heavy atom. The molecule has 2 atom stereocenters. The number of rotatable bonds is 8. The van der Waals surface area contributed by atoms with E-state index in [0.29, 0.717) is 17.4 Å². The maximum atomic E-state index is 13.1. The van der Waals surface area contributed by atoms with Gasteiger partial charge >= 0.3 is 0 Å². The third kappa shape index (κ3) is 5.47. The summed E-state index contributed by atoms with van der Waals surface area (Å²) >= 11 is 6.08. The summed E-state index contributed by atoms with van der Waals surface area (Å²) < 4.78 is 13.1. The minimum Gasteiger partial charge on any atom is -0.396 e. The van der Waals surface area contributed by atoms with E-state index < -0.39 is 6.10 Å². The van der Waals surface area contributed by atoms with Crippen LogP contribution in [0.4, 0.5) is 10.1 Å². The van der Waals surface area contributed by atoms with Crippen LogP contribution in [0.1, 0.15) is 41.3 Å². The van der Waals surface area contributed by atoms with E-state index >= 15 is 0 Å². The van der Waals surface area contributed by atoms with Crippen LogP contribution in [-0.4, -0.2) is 34.9 Å². The molecule has 1 aromatic heterocycles. The Hall–Kier alpha value is -2.47. The fourth-order valence-electron chi connectivity index (χ4n) is 4.47. The zero-order valence-corrected chi connectivity index (χ0v) is 18.7. The number of hydrogen-bond donors (Lipinski definition) is 2. The lowest BCUT2D eigenvalue weighted by atomic mass is 9.97. The number of aromatic nitrogens is 1. The molecule has 168 valence electrons. The first-order chi connectivity index (χ1) is 15.5. The lowest BCUT2D eigenvalue weighted by molar-refractivity contribution is 0.220. The van der Waals surface area contributed by atoms with Gasteiger partial charge in [0.05, 0.1) is 6.20 Å². The van der Waals surface area contributed by atoms with Gasteiger partial charge in [-0.25, -0.2) is 4.39 Å². The number of nitrogens with zero attached hydrogens (tertiary/aromatic N) is 2. The van der Waals surface area contributed by atoms with Gasteiger partial charge < -0.3 is 15.1 Å². The van der Waals surface area contributed by atoms with Gasteiger partial charge in [-0.3, -0.25) is 4.98 Å². The number of aliphatic hydroxyl groups excluding tert-OH is 2. The second kappa shape index (κ2) is 10.4. The van der Waals surface area contributed by atoms with E-state index in [1.807, 2.05) is 24.3 Å². The van der Waals surface area contributed by atoms with Crippen molar-refractivity contribution in [3.05, 3.63) is 94.0 Å². The molecular weight excluding hydrogens is 427 g/mol. The number of halogens is 2. The van der Waals surface area contributed by atoms with Crippen molar-refractivity contribution in [2.24, 2.45) is 5.92 Å². The Labute approximate surface area is 193 Å². The predicted octanol–water partition coefficient (Wildman–Crippen LogP) is 4.95. The molecule has 32 heavy (non-hydrogen) atoms. The van der Waals surface area contributed by atoms with Crippen LogP contribution in [-0.2, 0) is 12.8 Å². The van der Waals surface area contributed by atoms with E-state index in [2.05, 4.69) is 16.0 Å². The van der Waals surface area contributed by atoms with Crippen molar-refractivity contribution in [3.8, 4) is 0 Å². The van der Waals surface area contributed by atoms with Crippen LogP contribution in [0.3, 0.4) is 0 Å². The van der Waals surface area contributed by atoms with E-state index in [0.717, 1.165) is 60.4 Å². The SMILES string of the molecule is OCCc1cc(C(O)c2cccc(Cl)c2)ccc1N1CC[C@H](CCc2ccc(F)cn2)C1. The first kappa shape index (κ1) is 22.7. The Bertz CT molecular complexity index is 1040. The summed E-state index contributed by atoms with van der Waals surface area (Å²) in [6.07, 6.45) is 3.98. The van der Waals surface area contributed by atoms with Crippen LogP contribution in [0.5, 0.6) is 0 Å². The first-order valence-corrected chi connectivity index (χ1v) is 11.4. The van der Waals surface area contributed by atoms with Gasteiger partial charge in [-0.1, -0.05) is 35.9 Å². The number of pyridine rings is 1. The molecule has 2 N–H and O–H groups in total. The van der Waals surface area contributed by atoms with Gasteiger partial charge in [-0.2, -0.15) is 0 Å². The van der Waals surface area contributed by atoms with E-state index in [1.165, 1.54) is 12.3 Å². The topological polar surface area (TPSA) is 56.6 Å². The van der Waals surface area contributed by atoms with Crippen molar-refractivity contribution in [1.29, 1.82) is 0 Å². The molecule has 0 amide bonds. The molecule has 0 aliphatic carbocycles. The molecule has 6 heteroatoms. The fourth-order valence-corrected chi connectivity index (χ4v) is 4.67. The van der Waals surface area contributed by atoms with E-state index in [4.69, 9.17) is 11.6 Å². The second-order valence-corrected chi connectivity index (χ2v) is 8.86. The minimum absolute atomic E-state index is 0.0528. The van der Waals surface area contributed by atoms with Crippen molar-refractivity contribution in [3.63, 3.8) is 0 Å². The molecule has 1 fully saturated rings. The Morgan fingerprint density at radius 3 is 2.69 bits per heavy atom. The van der Waals surface area contributed by atoms with Crippen molar-refractivity contribution >= 4 is 17.3 Å². The van der Waals surface area contributed by atoms with Crippen LogP contribution in [0.15, 0.2) is 60.8 Å². The van der Waals surface area contributed by atoms with Gasteiger partial charge in [0, 0.05) is 36.1 Å². The van der Waals surface area contributed by atoms with Crippen LogP contribution in [0, 0.1) is 11.7 Å². The fraction of sp³-hybridized carbons (Fsp3) is 0.346. The Balaban J connectivity index is 1.45. The van der Waals surface area contributed by atoms with Crippen LogP contribution in [0.2, 0.25) is 5.02 Å². The lowest BCUT2D eigenvalue weighted by Crippen LogP contribution is -2.22. The highest BCUT2D eigenvalue weighted by Gasteiger charge is 2.25. The normalized spacial score (nSPS) is 17.0. The quantitative estimate of drug-likeness (QED) is 0.505. The van der Waals surface area contributed by atoms with Crippen molar-refractivity contribution in [2.75, 3.05) is 24.6 Å². The van der Waals surface area contributed by atoms with Crippen LogP contribution >= 0.6 is 11.6 Å². The summed E-state index contributed by atoms with van der Waals surface area (Å²) in [5.74, 6) is 0.238. The van der Waals surface area contributed by atoms with Gasteiger partial charge in [0.15, 0.2) is 0 Å². The lowest BCUT2D eigenvalue weighted by Gasteiger charge is -2.24. The standard InChI is InChI=1S/C26H28ClFN2O2/c27-22-3-1-2-20(15-22)26(32)21-5-9-25(19(14-21)11-13-31)30-12-10-18(17-30)4-7-24-8-6-23(28)16-29-24/h1-3,5-6,8-9,14-16,18,26,31-32H,4,7,10-13,17H2/t18-,26?/m0/s1. The van der Waals surface area contributed by atoms with Crippen LogP contribution in [0.25, 0.3) is 0 Å². The highest BCUT2D eigenvalue weighted by Crippen LogP contribution is 2.33. The molecule has 1 aliphatic rings. The maximum absolute atomic E-state index is 13.1. The zero-order valence-electron chi connectivity index (χ0n) is 17.9. The summed E-state index contributed by atoms with van der Waals surface area (Å²) in [6, 6.07) is 16.5. The summed E-state index contributed by atoms with van der Waals surface area (Å²) in [5, 5.41) is 21.0. The monoisotopic (exact) mass is 454 g/mol. The summed E-state index contributed by atoms with van der Waals surface area (Å²) in [4.78, 5) is 6.53. The number of benzene rings is 2. The molecule has 2 aromatic carbocycles. The molecule has 0 bridgehead atoms. The Morgan fingerprint density at radius 2 is 1.94 bits per heavy atom. The molecule has 1 unspecified atom stereocenters. The summed E-state index contributed by atoms with van der Waals surface area (Å²) in [7, 11) is 0. The van der Waals surface area contributed by atoms with Gasteiger partial charge in [-0.15, -0.1) is 0 Å². The Kier molecular flexibility index (Phi) is 7.40. The average molecular weight is 455 g/mol. The third-order valence-electron chi connectivity index (χ3n) is 6.19. The van der Waals surface area contributed by atoms with Crippen molar-refractivity contribution < 1.29 is 14.6 Å². The van der Waals surface area contributed by atoms with Gasteiger partial charge in [0.25, 0.3) is 0 Å².